The molecule has 2 N–H and O–H groups in total. The van der Waals surface area contributed by atoms with Gasteiger partial charge in [0.25, 0.3) is 0 Å². The zero-order valence-corrected chi connectivity index (χ0v) is 12.8. The summed E-state index contributed by atoms with van der Waals surface area (Å²) < 4.78 is 0. The Kier molecular flexibility index (Phi) is 5.61. The zero-order valence-electron chi connectivity index (χ0n) is 12.0. The van der Waals surface area contributed by atoms with Crippen LogP contribution in [0.3, 0.4) is 0 Å². The van der Waals surface area contributed by atoms with Crippen molar-refractivity contribution in [1.82, 2.24) is 0 Å². The highest BCUT2D eigenvalue weighted by atomic mass is 32.1. The van der Waals surface area contributed by atoms with Gasteiger partial charge in [0.1, 0.15) is 0 Å². The Balaban J connectivity index is 1.94. The van der Waals surface area contributed by atoms with E-state index in [1.807, 2.05) is 24.3 Å². The summed E-state index contributed by atoms with van der Waals surface area (Å²) in [6, 6.07) is 14.3. The third-order valence-electron chi connectivity index (χ3n) is 3.28. The van der Waals surface area contributed by atoms with Gasteiger partial charge in [0, 0.05) is 12.2 Å². The zero-order chi connectivity index (χ0) is 15.9. The number of carboxylic acids is 1. The Morgan fingerprint density at radius 1 is 1.00 bits per heavy atom. The molecule has 22 heavy (non-hydrogen) atoms. The second kappa shape index (κ2) is 7.66. The summed E-state index contributed by atoms with van der Waals surface area (Å²) in [5, 5.41) is 11.7. The number of hydrogen-bond donors (Lipinski definition) is 3. The Labute approximate surface area is 134 Å². The maximum Gasteiger partial charge on any atom is 0.337 e. The maximum atomic E-state index is 12.0. The molecular weight excluding hydrogens is 298 g/mol. The Hall–Kier alpha value is -2.27. The van der Waals surface area contributed by atoms with Crippen LogP contribution in [0.25, 0.3) is 0 Å². The Morgan fingerprint density at radius 2 is 1.64 bits per heavy atom. The van der Waals surface area contributed by atoms with E-state index >= 15 is 0 Å². The molecule has 2 aromatic carbocycles. The van der Waals surface area contributed by atoms with E-state index in [2.05, 4.69) is 17.9 Å². The summed E-state index contributed by atoms with van der Waals surface area (Å²) in [5.41, 5.74) is 2.61. The van der Waals surface area contributed by atoms with Crippen molar-refractivity contribution in [2.24, 2.45) is 0 Å². The molecule has 1 amide bonds. The number of anilines is 1. The van der Waals surface area contributed by atoms with Crippen LogP contribution in [0.15, 0.2) is 48.5 Å². The number of carbonyl (C=O) groups is 2. The molecule has 0 heterocycles. The predicted octanol–water partition coefficient (Wildman–Crippen LogP) is 3.39. The van der Waals surface area contributed by atoms with Crippen molar-refractivity contribution in [2.45, 2.75) is 18.6 Å². The monoisotopic (exact) mass is 315 g/mol. The van der Waals surface area contributed by atoms with E-state index in [0.29, 0.717) is 24.3 Å². The summed E-state index contributed by atoms with van der Waals surface area (Å²) in [6.07, 6.45) is 0.905. The highest BCUT2D eigenvalue weighted by molar-refractivity contribution is 7.79. The lowest BCUT2D eigenvalue weighted by Gasteiger charge is -2.08. The third kappa shape index (κ3) is 4.36. The molecule has 0 spiro atoms. The van der Waals surface area contributed by atoms with Crippen molar-refractivity contribution < 1.29 is 14.7 Å². The van der Waals surface area contributed by atoms with Crippen LogP contribution in [0.4, 0.5) is 5.69 Å². The first-order chi connectivity index (χ1) is 10.6. The van der Waals surface area contributed by atoms with Gasteiger partial charge in [0.15, 0.2) is 0 Å². The standard InChI is InChI=1S/C17H17NO3S/c19-16(10-9-12-5-7-13(11-22)8-6-12)18-15-4-2-1-3-14(15)17(20)21/h1-8,22H,9-11H2,(H,18,19)(H,20,21). The second-order valence-electron chi connectivity index (χ2n) is 4.87. The molecule has 0 bridgehead atoms. The topological polar surface area (TPSA) is 66.4 Å². The lowest BCUT2D eigenvalue weighted by Crippen LogP contribution is -2.15. The molecule has 2 rings (SSSR count). The lowest BCUT2D eigenvalue weighted by molar-refractivity contribution is -0.116. The first-order valence-corrected chi connectivity index (χ1v) is 7.54. The van der Waals surface area contributed by atoms with Crippen LogP contribution in [0, 0.1) is 0 Å². The maximum absolute atomic E-state index is 12.0. The van der Waals surface area contributed by atoms with Crippen molar-refractivity contribution >= 4 is 30.2 Å². The molecule has 2 aromatic rings. The number of nitrogens with one attached hydrogen (secondary N) is 1. The van der Waals surface area contributed by atoms with Crippen LogP contribution in [-0.4, -0.2) is 17.0 Å². The molecular formula is C17H17NO3S. The molecule has 0 aromatic heterocycles. The van der Waals surface area contributed by atoms with E-state index in [9.17, 15) is 9.59 Å². The summed E-state index contributed by atoms with van der Waals surface area (Å²) in [5.74, 6) is -0.572. The first kappa shape index (κ1) is 16.1. The van der Waals surface area contributed by atoms with Gasteiger partial charge in [0.05, 0.1) is 11.3 Å². The molecule has 0 saturated heterocycles. The molecule has 0 aliphatic rings. The molecule has 0 radical (unpaired) electrons. The van der Waals surface area contributed by atoms with Gasteiger partial charge in [-0.05, 0) is 29.7 Å². The van der Waals surface area contributed by atoms with E-state index < -0.39 is 5.97 Å². The number of rotatable bonds is 6. The van der Waals surface area contributed by atoms with Gasteiger partial charge in [-0.25, -0.2) is 4.79 Å². The van der Waals surface area contributed by atoms with Gasteiger partial charge in [-0.1, -0.05) is 36.4 Å². The lowest BCUT2D eigenvalue weighted by atomic mass is 10.1. The minimum Gasteiger partial charge on any atom is -0.478 e. The van der Waals surface area contributed by atoms with Gasteiger partial charge >= 0.3 is 5.97 Å². The van der Waals surface area contributed by atoms with Crippen LogP contribution in [0.5, 0.6) is 0 Å². The van der Waals surface area contributed by atoms with Crippen molar-refractivity contribution in [2.75, 3.05) is 5.32 Å². The number of benzene rings is 2. The molecule has 4 nitrogen and oxygen atoms in total. The normalized spacial score (nSPS) is 10.2. The van der Waals surface area contributed by atoms with E-state index in [4.69, 9.17) is 5.11 Å². The molecule has 0 atom stereocenters. The molecule has 0 fully saturated rings. The molecule has 0 aliphatic carbocycles. The number of hydrogen-bond acceptors (Lipinski definition) is 3. The number of aryl methyl sites for hydroxylation is 1. The summed E-state index contributed by atoms with van der Waals surface area (Å²) in [7, 11) is 0. The van der Waals surface area contributed by atoms with Crippen LogP contribution in [-0.2, 0) is 17.0 Å². The van der Waals surface area contributed by atoms with E-state index in [0.717, 1.165) is 11.1 Å². The van der Waals surface area contributed by atoms with Crippen molar-refractivity contribution in [1.29, 1.82) is 0 Å². The fraction of sp³-hybridized carbons (Fsp3) is 0.176. The van der Waals surface area contributed by atoms with E-state index in [1.165, 1.54) is 6.07 Å². The molecule has 0 saturated carbocycles. The number of aromatic carboxylic acids is 1. The highest BCUT2D eigenvalue weighted by Gasteiger charge is 2.11. The first-order valence-electron chi connectivity index (χ1n) is 6.91. The smallest absolute Gasteiger partial charge is 0.337 e. The van der Waals surface area contributed by atoms with E-state index in [-0.39, 0.29) is 11.5 Å². The predicted molar refractivity (Wildman–Crippen MR) is 89.5 cm³/mol. The quantitative estimate of drug-likeness (QED) is 0.716. The SMILES string of the molecule is O=C(CCc1ccc(CS)cc1)Nc1ccccc1C(=O)O. The average molecular weight is 315 g/mol. The van der Waals surface area contributed by atoms with Gasteiger partial charge in [-0.3, -0.25) is 4.79 Å². The number of thiol groups is 1. The third-order valence-corrected chi connectivity index (χ3v) is 3.64. The van der Waals surface area contributed by atoms with Crippen molar-refractivity contribution in [3.63, 3.8) is 0 Å². The fourth-order valence-electron chi connectivity index (χ4n) is 2.06. The average Bonchev–Trinajstić information content (AvgIpc) is 2.53. The van der Waals surface area contributed by atoms with Gasteiger partial charge in [-0.15, -0.1) is 0 Å². The highest BCUT2D eigenvalue weighted by Crippen LogP contribution is 2.16. The van der Waals surface area contributed by atoms with Crippen LogP contribution in [0.1, 0.15) is 27.9 Å². The van der Waals surface area contributed by atoms with Gasteiger partial charge in [0.2, 0.25) is 5.91 Å². The Morgan fingerprint density at radius 3 is 2.27 bits per heavy atom. The second-order valence-corrected chi connectivity index (χ2v) is 5.19. The minimum absolute atomic E-state index is 0.0917. The number of amides is 1. The molecule has 114 valence electrons. The molecule has 0 unspecified atom stereocenters. The van der Waals surface area contributed by atoms with E-state index in [1.54, 1.807) is 18.2 Å². The summed E-state index contributed by atoms with van der Waals surface area (Å²) in [6.45, 7) is 0. The largest absolute Gasteiger partial charge is 0.478 e. The van der Waals surface area contributed by atoms with Crippen LogP contribution in [0.2, 0.25) is 0 Å². The fourth-order valence-corrected chi connectivity index (χ4v) is 2.27. The molecule has 0 aliphatic heterocycles. The summed E-state index contributed by atoms with van der Waals surface area (Å²) in [4.78, 5) is 23.1. The van der Waals surface area contributed by atoms with Crippen LogP contribution < -0.4 is 5.32 Å². The van der Waals surface area contributed by atoms with Crippen molar-refractivity contribution in [3.8, 4) is 0 Å². The summed E-state index contributed by atoms with van der Waals surface area (Å²) >= 11 is 4.20. The minimum atomic E-state index is -1.06. The number of carbonyl (C=O) groups excluding carboxylic acids is 1. The molecule has 5 heteroatoms. The number of para-hydroxylation sites is 1. The van der Waals surface area contributed by atoms with Crippen LogP contribution >= 0.6 is 12.6 Å². The van der Waals surface area contributed by atoms with Gasteiger partial charge in [-0.2, -0.15) is 12.6 Å². The number of carboxylic acid groups (broad SMARTS) is 1. The Bertz CT molecular complexity index is 668. The van der Waals surface area contributed by atoms with Crippen molar-refractivity contribution in [3.05, 3.63) is 65.2 Å². The van der Waals surface area contributed by atoms with Gasteiger partial charge < -0.3 is 10.4 Å².